The molecule has 3 nitrogen and oxygen atoms in total. The highest BCUT2D eigenvalue weighted by atomic mass is 16.5. The van der Waals surface area contributed by atoms with Crippen molar-refractivity contribution in [2.75, 3.05) is 20.2 Å². The van der Waals surface area contributed by atoms with E-state index in [9.17, 15) is 5.11 Å². The Hall–Kier alpha value is -3.56. The fraction of sp³-hybridized carbons (Fsp3) is 0.250. The minimum Gasteiger partial charge on any atom is -0.504 e. The number of phenols is 1. The Kier molecular flexibility index (Phi) is 5.79. The van der Waals surface area contributed by atoms with E-state index in [2.05, 4.69) is 96.9 Å². The van der Waals surface area contributed by atoms with Gasteiger partial charge in [0.1, 0.15) is 0 Å². The van der Waals surface area contributed by atoms with Crippen LogP contribution in [0.5, 0.6) is 11.5 Å². The summed E-state index contributed by atoms with van der Waals surface area (Å²) in [5, 5.41) is 11.4. The van der Waals surface area contributed by atoms with Gasteiger partial charge in [-0.05, 0) is 65.8 Å². The van der Waals surface area contributed by atoms with Gasteiger partial charge in [0.2, 0.25) is 0 Å². The lowest BCUT2D eigenvalue weighted by molar-refractivity contribution is 0.227. The second kappa shape index (κ2) is 9.24. The monoisotopic (exact) mass is 461 g/mol. The van der Waals surface area contributed by atoms with Crippen molar-refractivity contribution in [1.29, 1.82) is 0 Å². The lowest BCUT2D eigenvalue weighted by Crippen LogP contribution is -2.35. The summed E-state index contributed by atoms with van der Waals surface area (Å²) in [6, 6.07) is 32.2. The molecule has 1 aliphatic carbocycles. The van der Waals surface area contributed by atoms with Crippen molar-refractivity contribution in [2.24, 2.45) is 0 Å². The van der Waals surface area contributed by atoms with Crippen LogP contribution in [0.2, 0.25) is 0 Å². The Morgan fingerprint density at radius 3 is 2.29 bits per heavy atom. The third kappa shape index (κ3) is 4.00. The maximum absolute atomic E-state index is 11.4. The van der Waals surface area contributed by atoms with Gasteiger partial charge in [0.15, 0.2) is 11.5 Å². The lowest BCUT2D eigenvalue weighted by atomic mass is 9.77. The molecule has 0 amide bonds. The number of rotatable bonds is 6. The van der Waals surface area contributed by atoms with Crippen molar-refractivity contribution >= 4 is 0 Å². The van der Waals surface area contributed by atoms with Crippen molar-refractivity contribution < 1.29 is 9.84 Å². The smallest absolute Gasteiger partial charge is 0.165 e. The summed E-state index contributed by atoms with van der Waals surface area (Å²) in [5.74, 6) is 1.09. The zero-order chi connectivity index (χ0) is 23.8. The molecule has 6 rings (SSSR count). The van der Waals surface area contributed by atoms with Gasteiger partial charge in [0.25, 0.3) is 0 Å². The number of hydrogen-bond donors (Lipinski definition) is 1. The van der Waals surface area contributed by atoms with E-state index in [1.807, 2.05) is 6.07 Å². The SMILES string of the molecule is CN1CCc2cccc3c2[C@H]1Cc1ccc(OCCC(c2ccccc2)c2ccccc2)c(O)c1-3. The van der Waals surface area contributed by atoms with E-state index >= 15 is 0 Å². The molecule has 176 valence electrons. The summed E-state index contributed by atoms with van der Waals surface area (Å²) in [5.41, 5.74) is 8.67. The maximum atomic E-state index is 11.4. The highest BCUT2D eigenvalue weighted by molar-refractivity contribution is 5.82. The molecule has 2 aliphatic rings. The molecule has 1 N–H and O–H groups in total. The number of likely N-dealkylation sites (N-methyl/N-ethyl adjacent to an activating group) is 1. The number of nitrogens with zero attached hydrogens (tertiary/aromatic N) is 1. The zero-order valence-corrected chi connectivity index (χ0v) is 20.2. The van der Waals surface area contributed by atoms with Crippen LogP contribution < -0.4 is 4.74 Å². The quantitative estimate of drug-likeness (QED) is 0.345. The average molecular weight is 462 g/mol. The van der Waals surface area contributed by atoms with Crippen molar-refractivity contribution in [3.63, 3.8) is 0 Å². The molecule has 0 bridgehead atoms. The molecule has 3 heteroatoms. The third-order valence-electron chi connectivity index (χ3n) is 7.77. The predicted octanol–water partition coefficient (Wildman–Crippen LogP) is 6.75. The Morgan fingerprint density at radius 1 is 0.857 bits per heavy atom. The first-order valence-corrected chi connectivity index (χ1v) is 12.6. The van der Waals surface area contributed by atoms with Crippen LogP contribution in [0.15, 0.2) is 91.0 Å². The summed E-state index contributed by atoms with van der Waals surface area (Å²) in [4.78, 5) is 2.45. The van der Waals surface area contributed by atoms with Gasteiger partial charge in [0, 0.05) is 24.1 Å². The maximum Gasteiger partial charge on any atom is 0.165 e. The summed E-state index contributed by atoms with van der Waals surface area (Å²) >= 11 is 0. The molecular formula is C32H31NO2. The molecule has 0 spiro atoms. The average Bonchev–Trinajstić information content (AvgIpc) is 2.90. The van der Waals surface area contributed by atoms with E-state index in [1.165, 1.54) is 27.8 Å². The minimum absolute atomic E-state index is 0.245. The molecule has 1 atom stereocenters. The molecule has 0 aromatic heterocycles. The van der Waals surface area contributed by atoms with E-state index in [0.717, 1.165) is 36.9 Å². The molecule has 4 aromatic carbocycles. The fourth-order valence-corrected chi connectivity index (χ4v) is 5.97. The van der Waals surface area contributed by atoms with Crippen LogP contribution in [0.3, 0.4) is 0 Å². The molecule has 0 saturated carbocycles. The first-order chi connectivity index (χ1) is 17.2. The van der Waals surface area contributed by atoms with Gasteiger partial charge in [-0.25, -0.2) is 0 Å². The van der Waals surface area contributed by atoms with Crippen LogP contribution in [0.4, 0.5) is 0 Å². The summed E-state index contributed by atoms with van der Waals surface area (Å²) in [6.45, 7) is 1.60. The standard InChI is InChI=1S/C32H31NO2/c1-33-19-17-24-13-8-14-27-30(24)28(33)21-25-15-16-29(32(34)31(25)27)35-20-18-26(22-9-4-2-5-10-22)23-11-6-3-7-12-23/h2-16,26,28,34H,17-21H2,1H3/t28-/m1/s1. The largest absolute Gasteiger partial charge is 0.504 e. The lowest BCUT2D eigenvalue weighted by Gasteiger charge is -2.40. The molecule has 35 heavy (non-hydrogen) atoms. The second-order valence-electron chi connectivity index (χ2n) is 9.79. The molecule has 1 aliphatic heterocycles. The number of benzene rings is 4. The van der Waals surface area contributed by atoms with E-state index in [0.29, 0.717) is 18.4 Å². The number of fused-ring (bicyclic) bond motifs is 2. The molecule has 1 heterocycles. The molecule has 0 saturated heterocycles. The Labute approximate surface area is 207 Å². The second-order valence-corrected chi connectivity index (χ2v) is 9.79. The van der Waals surface area contributed by atoms with Gasteiger partial charge in [0.05, 0.1) is 6.61 Å². The Balaban J connectivity index is 1.27. The Bertz CT molecular complexity index is 1290. The summed E-state index contributed by atoms with van der Waals surface area (Å²) in [7, 11) is 2.21. The fourth-order valence-electron chi connectivity index (χ4n) is 5.97. The first kappa shape index (κ1) is 21.9. The van der Waals surface area contributed by atoms with Crippen LogP contribution in [-0.2, 0) is 12.8 Å². The van der Waals surface area contributed by atoms with Gasteiger partial charge in [-0.1, -0.05) is 84.9 Å². The van der Waals surface area contributed by atoms with E-state index in [-0.39, 0.29) is 11.7 Å². The van der Waals surface area contributed by atoms with Gasteiger partial charge in [-0.3, -0.25) is 4.90 Å². The predicted molar refractivity (Wildman–Crippen MR) is 141 cm³/mol. The molecule has 0 radical (unpaired) electrons. The van der Waals surface area contributed by atoms with Crippen LogP contribution >= 0.6 is 0 Å². The molecule has 4 aromatic rings. The Morgan fingerprint density at radius 2 is 1.57 bits per heavy atom. The summed E-state index contributed by atoms with van der Waals surface area (Å²) < 4.78 is 6.25. The molecule has 0 fully saturated rings. The van der Waals surface area contributed by atoms with Crippen molar-refractivity contribution in [1.82, 2.24) is 4.90 Å². The highest BCUT2D eigenvalue weighted by Gasteiger charge is 2.34. The summed E-state index contributed by atoms with van der Waals surface area (Å²) in [6.07, 6.45) is 2.81. The highest BCUT2D eigenvalue weighted by Crippen LogP contribution is 2.50. The normalized spacial score (nSPS) is 16.6. The van der Waals surface area contributed by atoms with Crippen molar-refractivity contribution in [3.8, 4) is 22.6 Å². The van der Waals surface area contributed by atoms with Crippen LogP contribution in [-0.4, -0.2) is 30.2 Å². The van der Waals surface area contributed by atoms with Crippen LogP contribution in [0, 0.1) is 0 Å². The van der Waals surface area contributed by atoms with Gasteiger partial charge < -0.3 is 9.84 Å². The van der Waals surface area contributed by atoms with Crippen LogP contribution in [0.25, 0.3) is 11.1 Å². The molecule has 0 unspecified atom stereocenters. The topological polar surface area (TPSA) is 32.7 Å². The van der Waals surface area contributed by atoms with Crippen molar-refractivity contribution in [3.05, 3.63) is 119 Å². The van der Waals surface area contributed by atoms with E-state index in [1.54, 1.807) is 0 Å². The number of ether oxygens (including phenoxy) is 1. The molecular weight excluding hydrogens is 430 g/mol. The first-order valence-electron chi connectivity index (χ1n) is 12.6. The minimum atomic E-state index is 0.245. The van der Waals surface area contributed by atoms with Crippen molar-refractivity contribution in [2.45, 2.75) is 31.2 Å². The van der Waals surface area contributed by atoms with Gasteiger partial charge in [-0.15, -0.1) is 0 Å². The third-order valence-corrected chi connectivity index (χ3v) is 7.77. The van der Waals surface area contributed by atoms with E-state index < -0.39 is 0 Å². The number of hydrogen-bond acceptors (Lipinski definition) is 3. The number of phenolic OH excluding ortho intramolecular Hbond substituents is 1. The van der Waals surface area contributed by atoms with Crippen LogP contribution in [0.1, 0.15) is 46.2 Å². The number of aromatic hydroxyl groups is 1. The van der Waals surface area contributed by atoms with Gasteiger partial charge in [-0.2, -0.15) is 0 Å². The zero-order valence-electron chi connectivity index (χ0n) is 20.2. The van der Waals surface area contributed by atoms with E-state index in [4.69, 9.17) is 4.74 Å². The van der Waals surface area contributed by atoms with Gasteiger partial charge >= 0.3 is 0 Å².